The molecule has 0 fully saturated rings. The summed E-state index contributed by atoms with van der Waals surface area (Å²) in [5.41, 5.74) is 1.77. The number of carbonyl (C=O) groups excluding carboxylic acids is 1. The Labute approximate surface area is 130 Å². The summed E-state index contributed by atoms with van der Waals surface area (Å²) in [6.07, 6.45) is 0.887. The Morgan fingerprint density at radius 2 is 1.86 bits per heavy atom. The van der Waals surface area contributed by atoms with E-state index < -0.39 is 17.5 Å². The minimum atomic E-state index is -0.773. The fourth-order valence-electron chi connectivity index (χ4n) is 1.54. The van der Waals surface area contributed by atoms with Gasteiger partial charge >= 0.3 is 0 Å². The topological polar surface area (TPSA) is 50.7 Å². The number of ether oxygens (including phenoxy) is 1. The van der Waals surface area contributed by atoms with E-state index in [0.29, 0.717) is 10.8 Å². The second-order valence-electron chi connectivity index (χ2n) is 4.15. The summed E-state index contributed by atoms with van der Waals surface area (Å²) in [5, 5.41) is 3.85. The molecule has 0 saturated carbocycles. The molecule has 2 rings (SSSR count). The molecule has 22 heavy (non-hydrogen) atoms. The summed E-state index contributed by atoms with van der Waals surface area (Å²) in [5.74, 6) is -1.79. The molecule has 0 bridgehead atoms. The van der Waals surface area contributed by atoms with E-state index in [1.807, 2.05) is 0 Å². The molecule has 2 aromatic carbocycles. The van der Waals surface area contributed by atoms with Gasteiger partial charge < -0.3 is 4.74 Å². The number of para-hydroxylation sites is 1. The molecule has 0 atom stereocenters. The van der Waals surface area contributed by atoms with E-state index in [1.54, 1.807) is 24.3 Å². The highest BCUT2D eigenvalue weighted by molar-refractivity contribution is 6.32. The molecule has 114 valence electrons. The van der Waals surface area contributed by atoms with Gasteiger partial charge in [0.2, 0.25) is 0 Å². The Balaban J connectivity index is 1.88. The highest BCUT2D eigenvalue weighted by atomic mass is 35.5. The number of hydrogen-bond donors (Lipinski definition) is 1. The molecule has 7 heteroatoms. The highest BCUT2D eigenvalue weighted by Gasteiger charge is 2.06. The van der Waals surface area contributed by atoms with Crippen molar-refractivity contribution in [2.75, 3.05) is 6.61 Å². The number of hydrogen-bond acceptors (Lipinski definition) is 3. The molecule has 0 heterocycles. The summed E-state index contributed by atoms with van der Waals surface area (Å²) in [7, 11) is 0. The van der Waals surface area contributed by atoms with Gasteiger partial charge in [-0.2, -0.15) is 5.10 Å². The van der Waals surface area contributed by atoms with Crippen LogP contribution in [0.1, 0.15) is 5.56 Å². The van der Waals surface area contributed by atoms with Crippen molar-refractivity contribution in [3.63, 3.8) is 0 Å². The maximum Gasteiger partial charge on any atom is 0.277 e. The Morgan fingerprint density at radius 3 is 2.55 bits per heavy atom. The molecule has 0 saturated heterocycles. The Bertz CT molecular complexity index is 687. The number of amides is 1. The zero-order valence-corrected chi connectivity index (χ0v) is 12.0. The van der Waals surface area contributed by atoms with Crippen molar-refractivity contribution < 1.29 is 18.3 Å². The molecule has 0 aliphatic rings. The molecule has 0 unspecified atom stereocenters. The van der Waals surface area contributed by atoms with E-state index >= 15 is 0 Å². The Morgan fingerprint density at radius 1 is 1.18 bits per heavy atom. The molecule has 1 N–H and O–H groups in total. The van der Waals surface area contributed by atoms with Gasteiger partial charge in [-0.05, 0) is 24.3 Å². The molecule has 4 nitrogen and oxygen atoms in total. The van der Waals surface area contributed by atoms with Gasteiger partial charge in [0.15, 0.2) is 6.61 Å². The SMILES string of the molecule is O=C(COc1ccccc1Cl)N/N=C/c1c(F)cccc1F. The number of benzene rings is 2. The molecule has 0 radical (unpaired) electrons. The lowest BCUT2D eigenvalue weighted by Gasteiger charge is -2.06. The van der Waals surface area contributed by atoms with Crippen LogP contribution in [0.2, 0.25) is 5.02 Å². The molecule has 0 aliphatic heterocycles. The van der Waals surface area contributed by atoms with Crippen molar-refractivity contribution in [1.29, 1.82) is 0 Å². The van der Waals surface area contributed by atoms with Gasteiger partial charge in [-0.1, -0.05) is 29.8 Å². The fraction of sp³-hybridized carbons (Fsp3) is 0.0667. The highest BCUT2D eigenvalue weighted by Crippen LogP contribution is 2.22. The molecule has 2 aromatic rings. The Kier molecular flexibility index (Phi) is 5.43. The molecule has 1 amide bonds. The van der Waals surface area contributed by atoms with E-state index in [0.717, 1.165) is 18.3 Å². The smallest absolute Gasteiger partial charge is 0.277 e. The Hall–Kier alpha value is -2.47. The van der Waals surface area contributed by atoms with Crippen LogP contribution in [0.5, 0.6) is 5.75 Å². The van der Waals surface area contributed by atoms with E-state index in [9.17, 15) is 13.6 Å². The van der Waals surface area contributed by atoms with Gasteiger partial charge in [0.1, 0.15) is 17.4 Å². The third-order valence-corrected chi connectivity index (χ3v) is 2.89. The van der Waals surface area contributed by atoms with Crippen LogP contribution >= 0.6 is 11.6 Å². The van der Waals surface area contributed by atoms with E-state index in [2.05, 4.69) is 10.5 Å². The maximum absolute atomic E-state index is 13.3. The van der Waals surface area contributed by atoms with Crippen molar-refractivity contribution in [2.45, 2.75) is 0 Å². The van der Waals surface area contributed by atoms with E-state index in [1.165, 1.54) is 6.07 Å². The minimum absolute atomic E-state index is 0.333. The maximum atomic E-state index is 13.3. The van der Waals surface area contributed by atoms with Crippen LogP contribution in [0.3, 0.4) is 0 Å². The van der Waals surface area contributed by atoms with Crippen LogP contribution in [0.25, 0.3) is 0 Å². The largest absolute Gasteiger partial charge is 0.482 e. The predicted octanol–water partition coefficient (Wildman–Crippen LogP) is 3.15. The third kappa shape index (κ3) is 4.26. The first-order chi connectivity index (χ1) is 10.6. The zero-order valence-electron chi connectivity index (χ0n) is 11.2. The quantitative estimate of drug-likeness (QED) is 0.678. The number of halogens is 3. The van der Waals surface area contributed by atoms with Gasteiger partial charge in [-0.15, -0.1) is 0 Å². The van der Waals surface area contributed by atoms with Gasteiger partial charge in [0.05, 0.1) is 16.8 Å². The first-order valence-corrected chi connectivity index (χ1v) is 6.59. The lowest BCUT2D eigenvalue weighted by atomic mass is 10.2. The van der Waals surface area contributed by atoms with Crippen LogP contribution in [-0.4, -0.2) is 18.7 Å². The number of carbonyl (C=O) groups is 1. The average Bonchev–Trinajstić information content (AvgIpc) is 2.49. The predicted molar refractivity (Wildman–Crippen MR) is 79.0 cm³/mol. The van der Waals surface area contributed by atoms with Crippen molar-refractivity contribution in [3.05, 3.63) is 64.7 Å². The molecule has 0 aromatic heterocycles. The van der Waals surface area contributed by atoms with Crippen LogP contribution in [0.15, 0.2) is 47.6 Å². The lowest BCUT2D eigenvalue weighted by molar-refractivity contribution is -0.123. The zero-order chi connectivity index (χ0) is 15.9. The second kappa shape index (κ2) is 7.51. The number of hydrazone groups is 1. The first-order valence-electron chi connectivity index (χ1n) is 6.21. The third-order valence-electron chi connectivity index (χ3n) is 2.58. The monoisotopic (exact) mass is 324 g/mol. The van der Waals surface area contributed by atoms with Crippen LogP contribution in [0, 0.1) is 11.6 Å². The first kappa shape index (κ1) is 15.9. The second-order valence-corrected chi connectivity index (χ2v) is 4.55. The van der Waals surface area contributed by atoms with Crippen molar-refractivity contribution in [1.82, 2.24) is 5.43 Å². The van der Waals surface area contributed by atoms with Gasteiger partial charge in [-0.3, -0.25) is 4.79 Å². The normalized spacial score (nSPS) is 10.7. The minimum Gasteiger partial charge on any atom is -0.482 e. The standard InChI is InChI=1S/C15H11ClF2N2O2/c16-11-4-1-2-7-14(11)22-9-15(21)20-19-8-10-12(17)5-3-6-13(10)18/h1-8H,9H2,(H,20,21)/b19-8+. The molecule has 0 spiro atoms. The van der Waals surface area contributed by atoms with Crippen molar-refractivity contribution in [2.24, 2.45) is 5.10 Å². The number of nitrogens with one attached hydrogen (secondary N) is 1. The van der Waals surface area contributed by atoms with Crippen LogP contribution in [0.4, 0.5) is 8.78 Å². The summed E-state index contributed by atoms with van der Waals surface area (Å²) < 4.78 is 31.8. The molecular formula is C15H11ClF2N2O2. The lowest BCUT2D eigenvalue weighted by Crippen LogP contribution is -2.24. The molecule has 0 aliphatic carbocycles. The number of nitrogens with zero attached hydrogens (tertiary/aromatic N) is 1. The van der Waals surface area contributed by atoms with Crippen molar-refractivity contribution >= 4 is 23.7 Å². The van der Waals surface area contributed by atoms with Gasteiger partial charge in [0, 0.05) is 0 Å². The van der Waals surface area contributed by atoms with Crippen molar-refractivity contribution in [3.8, 4) is 5.75 Å². The summed E-state index contributed by atoms with van der Waals surface area (Å²) in [6, 6.07) is 10.1. The summed E-state index contributed by atoms with van der Waals surface area (Å²) in [6.45, 7) is -0.333. The van der Waals surface area contributed by atoms with E-state index in [-0.39, 0.29) is 12.2 Å². The molecular weight excluding hydrogens is 314 g/mol. The van der Waals surface area contributed by atoms with Crippen LogP contribution < -0.4 is 10.2 Å². The van der Waals surface area contributed by atoms with Gasteiger partial charge in [-0.25, -0.2) is 14.2 Å². The van der Waals surface area contributed by atoms with E-state index in [4.69, 9.17) is 16.3 Å². The van der Waals surface area contributed by atoms with Gasteiger partial charge in [0.25, 0.3) is 5.91 Å². The summed E-state index contributed by atoms with van der Waals surface area (Å²) >= 11 is 5.86. The number of rotatable bonds is 5. The van der Waals surface area contributed by atoms with Crippen LogP contribution in [-0.2, 0) is 4.79 Å². The summed E-state index contributed by atoms with van der Waals surface area (Å²) in [4.78, 5) is 11.5. The average molecular weight is 325 g/mol. The fourth-order valence-corrected chi connectivity index (χ4v) is 1.73.